The summed E-state index contributed by atoms with van der Waals surface area (Å²) in [5, 5.41) is 0.796. The molecule has 0 saturated carbocycles. The summed E-state index contributed by atoms with van der Waals surface area (Å²) in [5.41, 5.74) is 12.9. The van der Waals surface area contributed by atoms with E-state index in [4.69, 9.17) is 53.6 Å². The quantitative estimate of drug-likeness (QED) is 0.189. The minimum atomic E-state index is 0.359. The molecule has 0 radical (unpaired) electrons. The predicted octanol–water partition coefficient (Wildman–Crippen LogP) is 9.33. The highest BCUT2D eigenvalue weighted by Crippen LogP contribution is 2.42. The Labute approximate surface area is 229 Å². The lowest BCUT2D eigenvalue weighted by Gasteiger charge is -2.16. The van der Waals surface area contributed by atoms with Crippen LogP contribution in [-0.2, 0) is 0 Å². The van der Waals surface area contributed by atoms with Crippen LogP contribution in [0.1, 0.15) is 0 Å². The fourth-order valence-corrected chi connectivity index (χ4v) is 4.02. The maximum Gasteiger partial charge on any atom is 0.170 e. The number of anilines is 2. The van der Waals surface area contributed by atoms with Crippen LogP contribution in [0.3, 0.4) is 0 Å². The first-order valence-electron chi connectivity index (χ1n) is 11.6. The zero-order valence-electron chi connectivity index (χ0n) is 19.9. The molecule has 0 spiro atoms. The number of ether oxygens (including phenoxy) is 4. The van der Waals surface area contributed by atoms with Gasteiger partial charge in [-0.2, -0.15) is 0 Å². The summed E-state index contributed by atoms with van der Waals surface area (Å²) in [5.74, 6) is 3.63. The van der Waals surface area contributed by atoms with Crippen molar-refractivity contribution in [1.29, 1.82) is 0 Å². The molecular weight excluding hydrogens is 523 g/mol. The van der Waals surface area contributed by atoms with Crippen LogP contribution in [0.4, 0.5) is 11.4 Å². The number of halogens is 2. The molecule has 0 atom stereocenters. The van der Waals surface area contributed by atoms with E-state index in [-0.39, 0.29) is 0 Å². The molecule has 5 rings (SSSR count). The molecule has 0 aliphatic carbocycles. The van der Waals surface area contributed by atoms with E-state index in [1.807, 2.05) is 30.3 Å². The third-order valence-electron chi connectivity index (χ3n) is 5.38. The lowest BCUT2D eigenvalue weighted by molar-refractivity contribution is 0.408. The van der Waals surface area contributed by atoms with E-state index in [9.17, 15) is 0 Å². The van der Waals surface area contributed by atoms with E-state index in [0.717, 1.165) is 0 Å². The molecule has 0 heterocycles. The van der Waals surface area contributed by atoms with Gasteiger partial charge in [-0.1, -0.05) is 65.7 Å². The van der Waals surface area contributed by atoms with E-state index < -0.39 is 0 Å². The summed E-state index contributed by atoms with van der Waals surface area (Å²) in [6.45, 7) is 0. The van der Waals surface area contributed by atoms with Crippen molar-refractivity contribution in [2.45, 2.75) is 0 Å². The summed E-state index contributed by atoms with van der Waals surface area (Å²) in [7, 11) is 0. The highest BCUT2D eigenvalue weighted by molar-refractivity contribution is 6.32. The Morgan fingerprint density at radius 1 is 0.421 bits per heavy atom. The lowest BCUT2D eigenvalue weighted by atomic mass is 10.2. The molecule has 0 amide bonds. The number of benzene rings is 5. The first-order valence-corrected chi connectivity index (χ1v) is 12.3. The number of hydrogen-bond donors (Lipinski definition) is 2. The molecule has 4 N–H and O–H groups in total. The third-order valence-corrected chi connectivity index (χ3v) is 5.97. The van der Waals surface area contributed by atoms with Crippen molar-refractivity contribution < 1.29 is 18.9 Å². The molecule has 0 saturated heterocycles. The minimum Gasteiger partial charge on any atom is -0.453 e. The summed E-state index contributed by atoms with van der Waals surface area (Å²) in [4.78, 5) is 0. The topological polar surface area (TPSA) is 89.0 Å². The van der Waals surface area contributed by atoms with Gasteiger partial charge in [-0.3, -0.25) is 0 Å². The van der Waals surface area contributed by atoms with Gasteiger partial charge in [0.1, 0.15) is 11.5 Å². The van der Waals surface area contributed by atoms with E-state index in [0.29, 0.717) is 67.4 Å². The molecule has 0 aliphatic heterocycles. The fraction of sp³-hybridized carbons (Fsp3) is 0. The van der Waals surface area contributed by atoms with Crippen LogP contribution in [0.25, 0.3) is 0 Å². The molecular formula is C30H22Cl2N2O4. The van der Waals surface area contributed by atoms with E-state index in [2.05, 4.69) is 0 Å². The molecule has 0 unspecified atom stereocenters. The lowest BCUT2D eigenvalue weighted by Crippen LogP contribution is -1.96. The van der Waals surface area contributed by atoms with Crippen molar-refractivity contribution in [1.82, 2.24) is 0 Å². The number of nitrogens with two attached hydrogens (primary N) is 2. The maximum atomic E-state index is 6.28. The largest absolute Gasteiger partial charge is 0.453 e. The van der Waals surface area contributed by atoms with Gasteiger partial charge < -0.3 is 30.4 Å². The van der Waals surface area contributed by atoms with Gasteiger partial charge in [0.25, 0.3) is 0 Å². The standard InChI is InChI=1S/C30H22Cl2N2O4/c31-21-10-6-12-23(33)29(21)37-27-16-3-1-14-25(27)35-19-8-5-9-20(18-19)36-26-15-2-4-17-28(26)38-30-22(32)11-7-13-24(30)34/h1-18H,33-34H2. The third kappa shape index (κ3) is 5.72. The van der Waals surface area contributed by atoms with Gasteiger partial charge in [0.05, 0.1) is 21.4 Å². The van der Waals surface area contributed by atoms with Crippen molar-refractivity contribution in [3.05, 3.63) is 119 Å². The SMILES string of the molecule is Nc1cccc(Cl)c1Oc1ccccc1Oc1cccc(Oc2ccccc2Oc2c(N)cccc2Cl)c1. The molecule has 6 nitrogen and oxygen atoms in total. The van der Waals surface area contributed by atoms with Gasteiger partial charge in [0, 0.05) is 6.07 Å². The molecule has 190 valence electrons. The van der Waals surface area contributed by atoms with Crippen molar-refractivity contribution in [2.24, 2.45) is 0 Å². The molecule has 0 aliphatic rings. The highest BCUT2D eigenvalue weighted by Gasteiger charge is 2.14. The van der Waals surface area contributed by atoms with Crippen molar-refractivity contribution in [3.8, 4) is 46.0 Å². The number of rotatable bonds is 8. The van der Waals surface area contributed by atoms with Gasteiger partial charge in [-0.05, 0) is 60.7 Å². The van der Waals surface area contributed by atoms with Gasteiger partial charge in [-0.15, -0.1) is 0 Å². The van der Waals surface area contributed by atoms with E-state index in [1.165, 1.54) is 0 Å². The highest BCUT2D eigenvalue weighted by atomic mass is 35.5. The zero-order chi connectivity index (χ0) is 26.5. The summed E-state index contributed by atoms with van der Waals surface area (Å²) in [6.07, 6.45) is 0. The average Bonchev–Trinajstić information content (AvgIpc) is 2.91. The number of para-hydroxylation sites is 6. The summed E-state index contributed by atoms with van der Waals surface area (Å²) >= 11 is 12.6. The second-order valence-corrected chi connectivity index (χ2v) is 8.91. The van der Waals surface area contributed by atoms with Gasteiger partial charge in [0.2, 0.25) is 0 Å². The second-order valence-electron chi connectivity index (χ2n) is 8.09. The minimum absolute atomic E-state index is 0.359. The molecule has 0 aromatic heterocycles. The molecule has 38 heavy (non-hydrogen) atoms. The maximum absolute atomic E-state index is 6.28. The summed E-state index contributed by atoms with van der Waals surface area (Å²) in [6, 6.07) is 32.0. The van der Waals surface area contributed by atoms with Crippen molar-refractivity contribution in [3.63, 3.8) is 0 Å². The van der Waals surface area contributed by atoms with E-state index >= 15 is 0 Å². The Kier molecular flexibility index (Phi) is 7.45. The second kappa shape index (κ2) is 11.3. The van der Waals surface area contributed by atoms with Crippen LogP contribution in [-0.4, -0.2) is 0 Å². The van der Waals surface area contributed by atoms with Gasteiger partial charge in [0.15, 0.2) is 34.5 Å². The number of nitrogen functional groups attached to an aromatic ring is 2. The normalized spacial score (nSPS) is 10.6. The zero-order valence-corrected chi connectivity index (χ0v) is 21.4. The van der Waals surface area contributed by atoms with Crippen LogP contribution in [0.5, 0.6) is 46.0 Å². The van der Waals surface area contributed by atoms with Crippen LogP contribution < -0.4 is 30.4 Å². The van der Waals surface area contributed by atoms with Crippen LogP contribution in [0.2, 0.25) is 10.0 Å². The average molecular weight is 545 g/mol. The van der Waals surface area contributed by atoms with Crippen molar-refractivity contribution in [2.75, 3.05) is 11.5 Å². The van der Waals surface area contributed by atoms with Crippen LogP contribution in [0, 0.1) is 0 Å². The predicted molar refractivity (Wildman–Crippen MR) is 151 cm³/mol. The molecule has 5 aromatic carbocycles. The van der Waals surface area contributed by atoms with Gasteiger partial charge >= 0.3 is 0 Å². The molecule has 0 fully saturated rings. The molecule has 5 aromatic rings. The van der Waals surface area contributed by atoms with Gasteiger partial charge in [-0.25, -0.2) is 0 Å². The monoisotopic (exact) mass is 544 g/mol. The molecule has 8 heteroatoms. The Bertz CT molecular complexity index is 1440. The Hall–Kier alpha value is -4.52. The first kappa shape index (κ1) is 25.1. The first-order chi connectivity index (χ1) is 18.5. The van der Waals surface area contributed by atoms with Crippen LogP contribution in [0.15, 0.2) is 109 Å². The Morgan fingerprint density at radius 2 is 0.789 bits per heavy atom. The summed E-state index contributed by atoms with van der Waals surface area (Å²) < 4.78 is 24.3. The van der Waals surface area contributed by atoms with Crippen molar-refractivity contribution >= 4 is 34.6 Å². The Balaban J connectivity index is 1.37. The smallest absolute Gasteiger partial charge is 0.170 e. The molecule has 0 bridgehead atoms. The van der Waals surface area contributed by atoms with Crippen LogP contribution >= 0.6 is 23.2 Å². The number of hydrogen-bond acceptors (Lipinski definition) is 6. The Morgan fingerprint density at radius 3 is 1.18 bits per heavy atom. The fourth-order valence-electron chi connectivity index (χ4n) is 3.58. The van der Waals surface area contributed by atoms with E-state index in [1.54, 1.807) is 78.9 Å².